The van der Waals surface area contributed by atoms with Crippen molar-refractivity contribution < 1.29 is 9.47 Å². The van der Waals surface area contributed by atoms with Crippen LogP contribution in [0.2, 0.25) is 0 Å². The second kappa shape index (κ2) is 7.15. The van der Waals surface area contributed by atoms with E-state index in [1.807, 2.05) is 12.1 Å². The van der Waals surface area contributed by atoms with Crippen LogP contribution in [-0.4, -0.2) is 25.7 Å². The van der Waals surface area contributed by atoms with Gasteiger partial charge in [-0.1, -0.05) is 28.1 Å². The first kappa shape index (κ1) is 13.9. The van der Waals surface area contributed by atoms with Crippen molar-refractivity contribution in [1.82, 2.24) is 0 Å². The molecule has 0 aliphatic heterocycles. The standard InChI is InChI=1S/C15H21BrO2/c1-17-15-4-2-3-13(8-15)7-14(9-16)11-18-10-12-5-6-12/h2-4,8,12,14H,5-7,9-11H2,1H3. The van der Waals surface area contributed by atoms with Crippen LogP contribution in [-0.2, 0) is 11.2 Å². The fourth-order valence-electron chi connectivity index (χ4n) is 1.98. The molecule has 1 aliphatic carbocycles. The SMILES string of the molecule is COc1cccc(CC(CBr)COCC2CC2)c1. The van der Waals surface area contributed by atoms with E-state index in [1.165, 1.54) is 18.4 Å². The van der Waals surface area contributed by atoms with E-state index in [2.05, 4.69) is 28.1 Å². The summed E-state index contributed by atoms with van der Waals surface area (Å²) in [6, 6.07) is 8.29. The highest BCUT2D eigenvalue weighted by molar-refractivity contribution is 9.09. The van der Waals surface area contributed by atoms with Crippen LogP contribution in [0.4, 0.5) is 0 Å². The van der Waals surface area contributed by atoms with Crippen molar-refractivity contribution in [2.75, 3.05) is 25.7 Å². The van der Waals surface area contributed by atoms with E-state index in [9.17, 15) is 0 Å². The summed E-state index contributed by atoms with van der Waals surface area (Å²) in [5.41, 5.74) is 1.31. The van der Waals surface area contributed by atoms with E-state index in [1.54, 1.807) is 7.11 Å². The summed E-state index contributed by atoms with van der Waals surface area (Å²) in [7, 11) is 1.71. The van der Waals surface area contributed by atoms with Crippen molar-refractivity contribution in [3.05, 3.63) is 29.8 Å². The highest BCUT2D eigenvalue weighted by Gasteiger charge is 2.21. The molecule has 0 saturated heterocycles. The van der Waals surface area contributed by atoms with Crippen LogP contribution in [0.3, 0.4) is 0 Å². The lowest BCUT2D eigenvalue weighted by atomic mass is 10.0. The summed E-state index contributed by atoms with van der Waals surface area (Å²) in [5.74, 6) is 2.31. The van der Waals surface area contributed by atoms with Crippen molar-refractivity contribution in [3.63, 3.8) is 0 Å². The molecule has 1 aromatic carbocycles. The minimum absolute atomic E-state index is 0.538. The summed E-state index contributed by atoms with van der Waals surface area (Å²) in [4.78, 5) is 0. The van der Waals surface area contributed by atoms with E-state index in [4.69, 9.17) is 9.47 Å². The predicted molar refractivity (Wildman–Crippen MR) is 77.5 cm³/mol. The second-order valence-corrected chi connectivity index (χ2v) is 5.70. The monoisotopic (exact) mass is 312 g/mol. The van der Waals surface area contributed by atoms with Crippen molar-refractivity contribution in [2.24, 2.45) is 11.8 Å². The van der Waals surface area contributed by atoms with Gasteiger partial charge in [-0.05, 0) is 48.8 Å². The number of rotatable bonds is 8. The number of ether oxygens (including phenoxy) is 2. The van der Waals surface area contributed by atoms with Gasteiger partial charge in [0.1, 0.15) is 5.75 Å². The smallest absolute Gasteiger partial charge is 0.119 e. The third-order valence-corrected chi connectivity index (χ3v) is 4.20. The molecule has 0 spiro atoms. The van der Waals surface area contributed by atoms with Gasteiger partial charge in [0.2, 0.25) is 0 Å². The van der Waals surface area contributed by atoms with E-state index >= 15 is 0 Å². The van der Waals surface area contributed by atoms with Crippen molar-refractivity contribution in [1.29, 1.82) is 0 Å². The summed E-state index contributed by atoms with van der Waals surface area (Å²) in [5, 5.41) is 0.981. The average Bonchev–Trinajstić information content (AvgIpc) is 3.22. The Hall–Kier alpha value is -0.540. The number of alkyl halides is 1. The first-order valence-electron chi connectivity index (χ1n) is 6.58. The topological polar surface area (TPSA) is 18.5 Å². The zero-order valence-corrected chi connectivity index (χ0v) is 12.5. The first-order chi connectivity index (χ1) is 8.81. The molecule has 100 valence electrons. The zero-order valence-electron chi connectivity index (χ0n) is 10.9. The van der Waals surface area contributed by atoms with Gasteiger partial charge in [0.15, 0.2) is 0 Å². The van der Waals surface area contributed by atoms with Gasteiger partial charge in [-0.3, -0.25) is 0 Å². The minimum Gasteiger partial charge on any atom is -0.497 e. The normalized spacial score (nSPS) is 16.6. The highest BCUT2D eigenvalue weighted by Crippen LogP contribution is 2.29. The summed E-state index contributed by atoms with van der Waals surface area (Å²) in [6.45, 7) is 1.79. The minimum atomic E-state index is 0.538. The second-order valence-electron chi connectivity index (χ2n) is 5.06. The van der Waals surface area contributed by atoms with Crippen LogP contribution in [0.1, 0.15) is 18.4 Å². The molecule has 0 bridgehead atoms. The van der Waals surface area contributed by atoms with Gasteiger partial charge < -0.3 is 9.47 Å². The molecule has 1 aromatic rings. The number of benzene rings is 1. The average molecular weight is 313 g/mol. The Bertz CT molecular complexity index is 363. The third-order valence-electron chi connectivity index (χ3n) is 3.28. The van der Waals surface area contributed by atoms with Crippen LogP contribution < -0.4 is 4.74 Å². The maximum absolute atomic E-state index is 5.78. The van der Waals surface area contributed by atoms with Crippen molar-refractivity contribution >= 4 is 15.9 Å². The lowest BCUT2D eigenvalue weighted by Crippen LogP contribution is -2.15. The largest absolute Gasteiger partial charge is 0.497 e. The number of methoxy groups -OCH3 is 1. The lowest BCUT2D eigenvalue weighted by Gasteiger charge is -2.15. The Morgan fingerprint density at radius 1 is 1.39 bits per heavy atom. The molecule has 3 heteroatoms. The fourth-order valence-corrected chi connectivity index (χ4v) is 2.39. The van der Waals surface area contributed by atoms with Gasteiger partial charge in [-0.25, -0.2) is 0 Å². The van der Waals surface area contributed by atoms with Crippen LogP contribution in [0.15, 0.2) is 24.3 Å². The molecule has 0 radical (unpaired) electrons. The molecular weight excluding hydrogens is 292 g/mol. The van der Waals surface area contributed by atoms with E-state index in [0.29, 0.717) is 5.92 Å². The molecule has 1 atom stereocenters. The predicted octanol–water partition coefficient (Wildman–Crippen LogP) is 3.68. The summed E-state index contributed by atoms with van der Waals surface area (Å²) >= 11 is 3.58. The molecule has 0 N–H and O–H groups in total. The molecule has 2 rings (SSSR count). The molecule has 0 amide bonds. The molecule has 18 heavy (non-hydrogen) atoms. The maximum atomic E-state index is 5.78. The Balaban J connectivity index is 1.79. The van der Waals surface area contributed by atoms with E-state index < -0.39 is 0 Å². The molecule has 0 heterocycles. The molecule has 1 unspecified atom stereocenters. The van der Waals surface area contributed by atoms with Gasteiger partial charge in [0.25, 0.3) is 0 Å². The first-order valence-corrected chi connectivity index (χ1v) is 7.70. The molecule has 1 fully saturated rings. The molecule has 1 aliphatic rings. The number of hydrogen-bond acceptors (Lipinski definition) is 2. The molecule has 1 saturated carbocycles. The lowest BCUT2D eigenvalue weighted by molar-refractivity contribution is 0.0979. The van der Waals surface area contributed by atoms with E-state index in [-0.39, 0.29) is 0 Å². The van der Waals surface area contributed by atoms with Gasteiger partial charge >= 0.3 is 0 Å². The molecule has 2 nitrogen and oxygen atoms in total. The zero-order chi connectivity index (χ0) is 12.8. The quantitative estimate of drug-likeness (QED) is 0.682. The van der Waals surface area contributed by atoms with E-state index in [0.717, 1.165) is 36.6 Å². The van der Waals surface area contributed by atoms with Crippen molar-refractivity contribution in [2.45, 2.75) is 19.3 Å². The summed E-state index contributed by atoms with van der Waals surface area (Å²) < 4.78 is 11.0. The highest BCUT2D eigenvalue weighted by atomic mass is 79.9. The number of hydrogen-bond donors (Lipinski definition) is 0. The maximum Gasteiger partial charge on any atom is 0.119 e. The van der Waals surface area contributed by atoms with Gasteiger partial charge in [-0.15, -0.1) is 0 Å². The Kier molecular flexibility index (Phi) is 5.51. The van der Waals surface area contributed by atoms with Crippen LogP contribution in [0.25, 0.3) is 0 Å². The van der Waals surface area contributed by atoms with Gasteiger partial charge in [-0.2, -0.15) is 0 Å². The van der Waals surface area contributed by atoms with Crippen LogP contribution in [0, 0.1) is 11.8 Å². The van der Waals surface area contributed by atoms with Gasteiger partial charge in [0.05, 0.1) is 13.7 Å². The Morgan fingerprint density at radius 3 is 2.89 bits per heavy atom. The fraction of sp³-hybridized carbons (Fsp3) is 0.600. The van der Waals surface area contributed by atoms with Crippen molar-refractivity contribution in [3.8, 4) is 5.75 Å². The Morgan fingerprint density at radius 2 is 2.22 bits per heavy atom. The van der Waals surface area contributed by atoms with Crippen LogP contribution in [0.5, 0.6) is 5.75 Å². The molecule has 0 aromatic heterocycles. The number of halogens is 1. The summed E-state index contributed by atoms with van der Waals surface area (Å²) in [6.07, 6.45) is 3.75. The third kappa shape index (κ3) is 4.62. The van der Waals surface area contributed by atoms with Crippen LogP contribution >= 0.6 is 15.9 Å². The molecular formula is C15H21BrO2. The van der Waals surface area contributed by atoms with Gasteiger partial charge in [0, 0.05) is 11.9 Å². The Labute approximate surface area is 118 Å².